The number of aliphatic hydroxyl groups excluding tert-OH is 1. The summed E-state index contributed by atoms with van der Waals surface area (Å²) >= 11 is 3.41. The Bertz CT molecular complexity index is 426. The first-order valence-corrected chi connectivity index (χ1v) is 7.68. The van der Waals surface area contributed by atoms with E-state index < -0.39 is 6.10 Å². The zero-order valence-corrected chi connectivity index (χ0v) is 13.2. The Hall–Kier alpha value is -0.450. The molecule has 2 rings (SSSR count). The molecule has 4 heteroatoms. The van der Waals surface area contributed by atoms with E-state index in [0.29, 0.717) is 12.3 Å². The minimum atomic E-state index is -0.476. The van der Waals surface area contributed by atoms with Crippen LogP contribution in [-0.2, 0) is 11.2 Å². The molecule has 1 aromatic heterocycles. The molecule has 0 saturated heterocycles. The third kappa shape index (κ3) is 3.56. The highest BCUT2D eigenvalue weighted by Gasteiger charge is 2.41. The van der Waals surface area contributed by atoms with Crippen molar-refractivity contribution in [2.24, 2.45) is 5.92 Å². The maximum Gasteiger partial charge on any atom is 0.0942 e. The van der Waals surface area contributed by atoms with E-state index in [0.717, 1.165) is 29.3 Å². The van der Waals surface area contributed by atoms with Crippen LogP contribution in [0.5, 0.6) is 0 Å². The first kappa shape index (κ1) is 14.9. The standard InChI is InChI=1S/C15H22BrNO2/c1-11-4-3-5-15(8-11,19-2)14(18)7-12-6-13(16)10-17-9-12/h6,9-11,14,18H,3-5,7-8H2,1-2H3. The summed E-state index contributed by atoms with van der Waals surface area (Å²) in [7, 11) is 1.72. The second kappa shape index (κ2) is 6.33. The molecule has 19 heavy (non-hydrogen) atoms. The van der Waals surface area contributed by atoms with Crippen molar-refractivity contribution in [3.8, 4) is 0 Å². The summed E-state index contributed by atoms with van der Waals surface area (Å²) < 4.78 is 6.68. The van der Waals surface area contributed by atoms with Crippen LogP contribution in [0.1, 0.15) is 38.2 Å². The minimum absolute atomic E-state index is 0.389. The van der Waals surface area contributed by atoms with Crippen LogP contribution in [0.25, 0.3) is 0 Å². The summed E-state index contributed by atoms with van der Waals surface area (Å²) in [6.45, 7) is 2.24. The lowest BCUT2D eigenvalue weighted by Crippen LogP contribution is -2.48. The number of hydrogen-bond acceptors (Lipinski definition) is 3. The van der Waals surface area contributed by atoms with Crippen LogP contribution in [0.3, 0.4) is 0 Å². The van der Waals surface area contributed by atoms with Gasteiger partial charge in [-0.1, -0.05) is 19.8 Å². The summed E-state index contributed by atoms with van der Waals surface area (Å²) in [4.78, 5) is 4.15. The van der Waals surface area contributed by atoms with Crippen LogP contribution in [0, 0.1) is 5.92 Å². The number of pyridine rings is 1. The lowest BCUT2D eigenvalue weighted by Gasteiger charge is -2.42. The number of aliphatic hydroxyl groups is 1. The Morgan fingerprint density at radius 1 is 1.58 bits per heavy atom. The fraction of sp³-hybridized carbons (Fsp3) is 0.667. The highest BCUT2D eigenvalue weighted by Crippen LogP contribution is 2.38. The second-order valence-corrected chi connectivity index (χ2v) is 6.62. The molecule has 3 unspecified atom stereocenters. The molecule has 0 aromatic carbocycles. The summed E-state index contributed by atoms with van der Waals surface area (Å²) in [5, 5.41) is 10.6. The summed E-state index contributed by atoms with van der Waals surface area (Å²) in [6.07, 6.45) is 7.92. The average Bonchev–Trinajstić information content (AvgIpc) is 2.38. The Kier molecular flexibility index (Phi) is 4.98. The molecule has 1 heterocycles. The van der Waals surface area contributed by atoms with Crippen molar-refractivity contribution in [3.63, 3.8) is 0 Å². The molecule has 1 N–H and O–H groups in total. The smallest absolute Gasteiger partial charge is 0.0942 e. The molecule has 1 aromatic rings. The van der Waals surface area contributed by atoms with Crippen molar-refractivity contribution in [3.05, 3.63) is 28.5 Å². The van der Waals surface area contributed by atoms with Gasteiger partial charge in [-0.3, -0.25) is 4.98 Å². The SMILES string of the molecule is COC1(C(O)Cc2cncc(Br)c2)CCCC(C)C1. The normalized spacial score (nSPS) is 29.2. The number of aromatic nitrogens is 1. The fourth-order valence-corrected chi connectivity index (χ4v) is 3.56. The molecule has 3 nitrogen and oxygen atoms in total. The summed E-state index contributed by atoms with van der Waals surface area (Å²) in [6, 6.07) is 2.01. The van der Waals surface area contributed by atoms with E-state index in [9.17, 15) is 5.11 Å². The van der Waals surface area contributed by atoms with E-state index in [-0.39, 0.29) is 5.60 Å². The van der Waals surface area contributed by atoms with Gasteiger partial charge in [-0.2, -0.15) is 0 Å². The van der Waals surface area contributed by atoms with Crippen LogP contribution in [0.15, 0.2) is 22.9 Å². The van der Waals surface area contributed by atoms with Crippen LogP contribution in [0.2, 0.25) is 0 Å². The molecule has 0 aliphatic heterocycles. The second-order valence-electron chi connectivity index (χ2n) is 5.70. The molecule has 1 fully saturated rings. The van der Waals surface area contributed by atoms with Crippen LogP contribution in [-0.4, -0.2) is 28.9 Å². The number of methoxy groups -OCH3 is 1. The van der Waals surface area contributed by atoms with E-state index in [2.05, 4.69) is 27.8 Å². The first-order chi connectivity index (χ1) is 9.05. The first-order valence-electron chi connectivity index (χ1n) is 6.88. The lowest BCUT2D eigenvalue weighted by molar-refractivity contribution is -0.131. The quantitative estimate of drug-likeness (QED) is 0.922. The zero-order chi connectivity index (χ0) is 13.9. The van der Waals surface area contributed by atoms with E-state index in [1.54, 1.807) is 13.3 Å². The fourth-order valence-electron chi connectivity index (χ4n) is 3.14. The van der Waals surface area contributed by atoms with Gasteiger partial charge in [0.25, 0.3) is 0 Å². The molecular formula is C15H22BrNO2. The van der Waals surface area contributed by atoms with Gasteiger partial charge in [0.05, 0.1) is 11.7 Å². The van der Waals surface area contributed by atoms with E-state index in [1.165, 1.54) is 6.42 Å². The van der Waals surface area contributed by atoms with E-state index in [4.69, 9.17) is 4.74 Å². The molecule has 0 spiro atoms. The van der Waals surface area contributed by atoms with Gasteiger partial charge in [0.15, 0.2) is 0 Å². The van der Waals surface area contributed by atoms with Crippen molar-refractivity contribution in [1.82, 2.24) is 4.98 Å². The Morgan fingerprint density at radius 3 is 3.00 bits per heavy atom. The number of rotatable bonds is 4. The minimum Gasteiger partial charge on any atom is -0.390 e. The maximum absolute atomic E-state index is 10.6. The number of ether oxygens (including phenoxy) is 1. The number of nitrogens with zero attached hydrogens (tertiary/aromatic N) is 1. The Morgan fingerprint density at radius 2 is 2.37 bits per heavy atom. The Labute approximate surface area is 123 Å². The van der Waals surface area contributed by atoms with E-state index in [1.807, 2.05) is 12.3 Å². The molecule has 1 aliphatic carbocycles. The van der Waals surface area contributed by atoms with Crippen molar-refractivity contribution in [1.29, 1.82) is 0 Å². The zero-order valence-electron chi connectivity index (χ0n) is 11.6. The van der Waals surface area contributed by atoms with Gasteiger partial charge in [0.1, 0.15) is 0 Å². The molecule has 3 atom stereocenters. The number of halogens is 1. The molecule has 0 amide bonds. The summed E-state index contributed by atoms with van der Waals surface area (Å²) in [5.74, 6) is 0.615. The molecule has 1 aliphatic rings. The monoisotopic (exact) mass is 327 g/mol. The van der Waals surface area contributed by atoms with Gasteiger partial charge < -0.3 is 9.84 Å². The average molecular weight is 328 g/mol. The van der Waals surface area contributed by atoms with Gasteiger partial charge in [0.2, 0.25) is 0 Å². The van der Waals surface area contributed by atoms with Gasteiger partial charge in [-0.05, 0) is 46.3 Å². The third-order valence-corrected chi connectivity index (χ3v) is 4.63. The van der Waals surface area contributed by atoms with Gasteiger partial charge in [-0.15, -0.1) is 0 Å². The predicted molar refractivity (Wildman–Crippen MR) is 79.0 cm³/mol. The topological polar surface area (TPSA) is 42.4 Å². The number of hydrogen-bond donors (Lipinski definition) is 1. The molecule has 0 bridgehead atoms. The maximum atomic E-state index is 10.6. The van der Waals surface area contributed by atoms with Crippen molar-refractivity contribution < 1.29 is 9.84 Å². The molecular weight excluding hydrogens is 306 g/mol. The van der Waals surface area contributed by atoms with Gasteiger partial charge in [0, 0.05) is 30.4 Å². The third-order valence-electron chi connectivity index (χ3n) is 4.20. The van der Waals surface area contributed by atoms with Gasteiger partial charge in [-0.25, -0.2) is 0 Å². The molecule has 1 saturated carbocycles. The predicted octanol–water partition coefficient (Wildman–Crippen LogP) is 3.34. The summed E-state index contributed by atoms with van der Waals surface area (Å²) in [5.41, 5.74) is 0.650. The van der Waals surface area contributed by atoms with Crippen LogP contribution in [0.4, 0.5) is 0 Å². The Balaban J connectivity index is 2.10. The highest BCUT2D eigenvalue weighted by atomic mass is 79.9. The largest absolute Gasteiger partial charge is 0.390 e. The van der Waals surface area contributed by atoms with Crippen molar-refractivity contribution in [2.45, 2.75) is 50.7 Å². The van der Waals surface area contributed by atoms with Crippen molar-refractivity contribution in [2.75, 3.05) is 7.11 Å². The highest BCUT2D eigenvalue weighted by molar-refractivity contribution is 9.10. The van der Waals surface area contributed by atoms with Crippen LogP contribution >= 0.6 is 15.9 Å². The van der Waals surface area contributed by atoms with Crippen molar-refractivity contribution >= 4 is 15.9 Å². The van der Waals surface area contributed by atoms with E-state index >= 15 is 0 Å². The lowest BCUT2D eigenvalue weighted by atomic mass is 9.74. The molecule has 0 radical (unpaired) electrons. The van der Waals surface area contributed by atoms with Crippen LogP contribution < -0.4 is 0 Å². The van der Waals surface area contributed by atoms with Gasteiger partial charge >= 0.3 is 0 Å². The molecule has 106 valence electrons.